The van der Waals surface area contributed by atoms with Crippen LogP contribution in [0.15, 0.2) is 40.3 Å². The molecule has 7 heteroatoms. The van der Waals surface area contributed by atoms with Crippen molar-refractivity contribution in [3.05, 3.63) is 45.2 Å². The molecule has 0 saturated heterocycles. The number of hydrogen-bond acceptors (Lipinski definition) is 6. The van der Waals surface area contributed by atoms with E-state index in [1.54, 1.807) is 6.92 Å². The van der Waals surface area contributed by atoms with Gasteiger partial charge in [-0.05, 0) is 18.4 Å². The zero-order valence-electron chi connectivity index (χ0n) is 11.3. The Morgan fingerprint density at radius 3 is 2.95 bits per heavy atom. The first-order valence-corrected chi connectivity index (χ1v) is 7.62. The molecule has 5 nitrogen and oxygen atoms in total. The van der Waals surface area contributed by atoms with E-state index in [1.165, 1.54) is 11.3 Å². The fourth-order valence-corrected chi connectivity index (χ4v) is 3.13. The van der Waals surface area contributed by atoms with E-state index < -0.39 is 11.9 Å². The van der Waals surface area contributed by atoms with E-state index in [-0.39, 0.29) is 35.3 Å². The maximum atomic E-state index is 12.3. The summed E-state index contributed by atoms with van der Waals surface area (Å²) in [6.07, 6.45) is 0. The molecule has 1 aromatic heterocycles. The number of allylic oxidation sites excluding steroid dienone is 2. The van der Waals surface area contributed by atoms with Crippen LogP contribution in [0.3, 0.4) is 0 Å². The van der Waals surface area contributed by atoms with Crippen LogP contribution < -0.4 is 5.73 Å². The van der Waals surface area contributed by atoms with Crippen molar-refractivity contribution in [1.29, 1.82) is 5.26 Å². The number of halogens is 1. The highest BCUT2D eigenvalue weighted by Gasteiger charge is 2.37. The van der Waals surface area contributed by atoms with Crippen LogP contribution in [0.4, 0.5) is 0 Å². The van der Waals surface area contributed by atoms with Crippen LogP contribution in [-0.4, -0.2) is 18.5 Å². The number of nitrogens with two attached hydrogens (primary N) is 1. The Morgan fingerprint density at radius 2 is 2.43 bits per heavy atom. The molecule has 1 aromatic rings. The maximum absolute atomic E-state index is 12.3. The number of carbonyl (C=O) groups is 1. The third kappa shape index (κ3) is 2.89. The Balaban J connectivity index is 2.59. The largest absolute Gasteiger partial charge is 0.463 e. The molecule has 2 heterocycles. The number of rotatable bonds is 4. The van der Waals surface area contributed by atoms with Crippen LogP contribution in [0, 0.1) is 11.3 Å². The molecular weight excluding hydrogens is 312 g/mol. The van der Waals surface area contributed by atoms with Crippen molar-refractivity contribution < 1.29 is 14.3 Å². The standard InChI is InChI=1S/C14H13ClN2O3S/c1-2-19-14(18)12-9(6-15)20-13(17)8(7-16)11(12)10-4-3-5-21-10/h3-5,11H,2,6,17H2,1H3/t11-/m0/s1. The van der Waals surface area contributed by atoms with Gasteiger partial charge in [0.2, 0.25) is 5.88 Å². The number of esters is 1. The van der Waals surface area contributed by atoms with Crippen molar-refractivity contribution in [3.63, 3.8) is 0 Å². The van der Waals surface area contributed by atoms with Gasteiger partial charge in [-0.1, -0.05) is 6.07 Å². The van der Waals surface area contributed by atoms with Gasteiger partial charge in [0.05, 0.1) is 24.0 Å². The number of carbonyl (C=O) groups excluding carboxylic acids is 1. The molecule has 21 heavy (non-hydrogen) atoms. The normalized spacial score (nSPS) is 18.2. The first-order valence-electron chi connectivity index (χ1n) is 6.21. The Bertz CT molecular complexity index is 644. The smallest absolute Gasteiger partial charge is 0.338 e. The molecule has 0 bridgehead atoms. The monoisotopic (exact) mass is 324 g/mol. The van der Waals surface area contributed by atoms with Gasteiger partial charge in [0.15, 0.2) is 0 Å². The summed E-state index contributed by atoms with van der Waals surface area (Å²) in [4.78, 5) is 13.1. The average Bonchev–Trinajstić information content (AvgIpc) is 2.99. The summed E-state index contributed by atoms with van der Waals surface area (Å²) < 4.78 is 10.4. The van der Waals surface area contributed by atoms with Gasteiger partial charge >= 0.3 is 5.97 Å². The van der Waals surface area contributed by atoms with Crippen molar-refractivity contribution in [1.82, 2.24) is 0 Å². The summed E-state index contributed by atoms with van der Waals surface area (Å²) in [7, 11) is 0. The minimum atomic E-state index is -0.600. The summed E-state index contributed by atoms with van der Waals surface area (Å²) in [6.45, 7) is 1.92. The lowest BCUT2D eigenvalue weighted by molar-refractivity contribution is -0.139. The quantitative estimate of drug-likeness (QED) is 0.679. The summed E-state index contributed by atoms with van der Waals surface area (Å²) in [5.74, 6) is -0.983. The summed E-state index contributed by atoms with van der Waals surface area (Å²) in [5.41, 5.74) is 6.21. The molecule has 1 aliphatic rings. The SMILES string of the molecule is CCOC(=O)C1=C(CCl)OC(N)=C(C#N)[C@H]1c1cccs1. The number of nitriles is 1. The zero-order valence-corrected chi connectivity index (χ0v) is 12.8. The predicted molar refractivity (Wildman–Crippen MR) is 79.4 cm³/mol. The van der Waals surface area contributed by atoms with E-state index in [0.29, 0.717) is 0 Å². The molecule has 110 valence electrons. The second-order valence-electron chi connectivity index (χ2n) is 4.13. The summed E-state index contributed by atoms with van der Waals surface area (Å²) in [5, 5.41) is 11.2. The number of alkyl halides is 1. The zero-order chi connectivity index (χ0) is 15.4. The van der Waals surface area contributed by atoms with Crippen molar-refractivity contribution in [2.75, 3.05) is 12.5 Å². The number of thiophene rings is 1. The van der Waals surface area contributed by atoms with Gasteiger partial charge in [-0.3, -0.25) is 0 Å². The highest BCUT2D eigenvalue weighted by molar-refractivity contribution is 7.10. The van der Waals surface area contributed by atoms with Gasteiger partial charge in [0.1, 0.15) is 17.4 Å². The molecule has 0 spiro atoms. The number of hydrogen-bond donors (Lipinski definition) is 1. The number of ether oxygens (including phenoxy) is 2. The van der Waals surface area contributed by atoms with Crippen molar-refractivity contribution in [3.8, 4) is 6.07 Å². The van der Waals surface area contributed by atoms with E-state index >= 15 is 0 Å². The molecule has 0 fully saturated rings. The average molecular weight is 325 g/mol. The minimum absolute atomic E-state index is 0.0281. The minimum Gasteiger partial charge on any atom is -0.463 e. The van der Waals surface area contributed by atoms with E-state index in [4.69, 9.17) is 26.8 Å². The molecule has 2 N–H and O–H groups in total. The second-order valence-corrected chi connectivity index (χ2v) is 5.38. The topological polar surface area (TPSA) is 85.3 Å². The molecular formula is C14H13ClN2O3S. The highest BCUT2D eigenvalue weighted by atomic mass is 35.5. The Morgan fingerprint density at radius 1 is 1.67 bits per heavy atom. The van der Waals surface area contributed by atoms with Crippen molar-refractivity contribution >= 4 is 28.9 Å². The van der Waals surface area contributed by atoms with Gasteiger partial charge in [0, 0.05) is 4.88 Å². The first kappa shape index (κ1) is 15.4. The van der Waals surface area contributed by atoms with E-state index in [9.17, 15) is 10.1 Å². The molecule has 0 amide bonds. The molecule has 0 aliphatic carbocycles. The molecule has 1 atom stereocenters. The Hall–Kier alpha value is -1.97. The van der Waals surface area contributed by atoms with Crippen LogP contribution in [0.25, 0.3) is 0 Å². The molecule has 2 rings (SSSR count). The van der Waals surface area contributed by atoms with Gasteiger partial charge in [-0.15, -0.1) is 22.9 Å². The van der Waals surface area contributed by atoms with Crippen LogP contribution in [0.5, 0.6) is 0 Å². The van der Waals surface area contributed by atoms with Gasteiger partial charge < -0.3 is 15.2 Å². The van der Waals surface area contributed by atoms with Gasteiger partial charge in [0.25, 0.3) is 0 Å². The molecule has 0 unspecified atom stereocenters. The molecule has 1 aliphatic heterocycles. The Labute approximate surface area is 131 Å². The van der Waals surface area contributed by atoms with Gasteiger partial charge in [-0.25, -0.2) is 4.79 Å². The molecule has 0 radical (unpaired) electrons. The second kappa shape index (κ2) is 6.66. The molecule has 0 saturated carbocycles. The third-order valence-corrected chi connectivity index (χ3v) is 4.12. The lowest BCUT2D eigenvalue weighted by Crippen LogP contribution is -2.26. The van der Waals surface area contributed by atoms with Crippen LogP contribution in [-0.2, 0) is 14.3 Å². The number of nitrogens with zero attached hydrogens (tertiary/aromatic N) is 1. The van der Waals surface area contributed by atoms with Gasteiger partial charge in [-0.2, -0.15) is 5.26 Å². The maximum Gasteiger partial charge on any atom is 0.338 e. The van der Waals surface area contributed by atoms with Crippen molar-refractivity contribution in [2.24, 2.45) is 5.73 Å². The first-order chi connectivity index (χ1) is 10.1. The Kier molecular flexibility index (Phi) is 4.89. The van der Waals surface area contributed by atoms with Crippen LogP contribution >= 0.6 is 22.9 Å². The summed E-state index contributed by atoms with van der Waals surface area (Å²) in [6, 6.07) is 5.68. The predicted octanol–water partition coefficient (Wildman–Crippen LogP) is 2.61. The summed E-state index contributed by atoms with van der Waals surface area (Å²) >= 11 is 7.27. The van der Waals surface area contributed by atoms with Crippen molar-refractivity contribution in [2.45, 2.75) is 12.8 Å². The highest BCUT2D eigenvalue weighted by Crippen LogP contribution is 2.41. The fourth-order valence-electron chi connectivity index (χ4n) is 2.09. The van der Waals surface area contributed by atoms with E-state index in [1.807, 2.05) is 23.6 Å². The lowest BCUT2D eigenvalue weighted by Gasteiger charge is -2.26. The lowest BCUT2D eigenvalue weighted by atomic mass is 9.87. The van der Waals surface area contributed by atoms with E-state index in [0.717, 1.165) is 4.88 Å². The van der Waals surface area contributed by atoms with Crippen LogP contribution in [0.2, 0.25) is 0 Å². The fraction of sp³-hybridized carbons (Fsp3) is 0.286. The van der Waals surface area contributed by atoms with E-state index in [2.05, 4.69) is 0 Å². The third-order valence-electron chi connectivity index (χ3n) is 2.94. The van der Waals surface area contributed by atoms with Crippen LogP contribution in [0.1, 0.15) is 17.7 Å². The molecule has 0 aromatic carbocycles.